The molecule has 1 aromatic heterocycles. The molecule has 2 bridgehead atoms. The summed E-state index contributed by atoms with van der Waals surface area (Å²) in [7, 11) is 0. The second-order valence-corrected chi connectivity index (χ2v) is 8.68. The van der Waals surface area contributed by atoms with Crippen molar-refractivity contribution in [1.82, 2.24) is 10.5 Å². The molecule has 28 heavy (non-hydrogen) atoms. The highest BCUT2D eigenvalue weighted by molar-refractivity contribution is 5.94. The number of carbonyl (C=O) groups excluding carboxylic acids is 1. The number of ether oxygens (including phenoxy) is 1. The molecule has 2 fully saturated rings. The maximum absolute atomic E-state index is 12.9. The highest BCUT2D eigenvalue weighted by Gasteiger charge is 2.42. The molecule has 2 saturated carbocycles. The van der Waals surface area contributed by atoms with Crippen LogP contribution in [0.3, 0.4) is 0 Å². The van der Waals surface area contributed by atoms with Gasteiger partial charge in [0.25, 0.3) is 5.91 Å². The number of amides is 1. The Kier molecular flexibility index (Phi) is 5.17. The van der Waals surface area contributed by atoms with Gasteiger partial charge in [-0.1, -0.05) is 29.8 Å². The Morgan fingerprint density at radius 2 is 2.00 bits per heavy atom. The fraction of sp³-hybridized carbons (Fsp3) is 0.565. The lowest BCUT2D eigenvalue weighted by Crippen LogP contribution is -2.40. The first kappa shape index (κ1) is 19.0. The van der Waals surface area contributed by atoms with Crippen LogP contribution in [-0.4, -0.2) is 17.1 Å². The second kappa shape index (κ2) is 7.61. The van der Waals surface area contributed by atoms with Gasteiger partial charge in [-0.15, -0.1) is 0 Å². The fourth-order valence-corrected chi connectivity index (χ4v) is 5.20. The molecular weight excluding hydrogens is 352 g/mol. The number of nitrogens with one attached hydrogen (secondary N) is 1. The smallest absolute Gasteiger partial charge is 0.274 e. The van der Waals surface area contributed by atoms with Crippen LogP contribution in [0.4, 0.5) is 0 Å². The maximum atomic E-state index is 12.9. The average Bonchev–Trinajstić information content (AvgIpc) is 3.37. The summed E-state index contributed by atoms with van der Waals surface area (Å²) >= 11 is 0. The van der Waals surface area contributed by atoms with Crippen LogP contribution in [0.2, 0.25) is 0 Å². The number of aromatic nitrogens is 1. The van der Waals surface area contributed by atoms with Gasteiger partial charge in [0, 0.05) is 6.04 Å². The minimum atomic E-state index is -0.160. The van der Waals surface area contributed by atoms with Crippen molar-refractivity contribution in [3.8, 4) is 5.75 Å². The van der Waals surface area contributed by atoms with Crippen molar-refractivity contribution in [1.29, 1.82) is 0 Å². The third kappa shape index (κ3) is 3.54. The second-order valence-electron chi connectivity index (χ2n) is 8.68. The first-order valence-corrected chi connectivity index (χ1v) is 10.4. The Labute approximate surface area is 166 Å². The number of benzene rings is 1. The van der Waals surface area contributed by atoms with Crippen LogP contribution >= 0.6 is 0 Å². The van der Waals surface area contributed by atoms with Gasteiger partial charge in [0.15, 0.2) is 5.69 Å². The van der Waals surface area contributed by atoms with Gasteiger partial charge < -0.3 is 14.6 Å². The van der Waals surface area contributed by atoms with E-state index in [1.54, 1.807) is 0 Å². The molecule has 0 spiro atoms. The van der Waals surface area contributed by atoms with Crippen molar-refractivity contribution in [2.45, 2.75) is 66.0 Å². The molecule has 2 aliphatic carbocycles. The minimum absolute atomic E-state index is 0.159. The van der Waals surface area contributed by atoms with Crippen LogP contribution in [0.5, 0.6) is 5.75 Å². The van der Waals surface area contributed by atoms with Crippen LogP contribution < -0.4 is 10.1 Å². The van der Waals surface area contributed by atoms with E-state index in [0.717, 1.165) is 34.3 Å². The Morgan fingerprint density at radius 1 is 1.25 bits per heavy atom. The highest BCUT2D eigenvalue weighted by atomic mass is 16.5. The number of aryl methyl sites for hydroxylation is 3. The number of carbonyl (C=O) groups is 1. The van der Waals surface area contributed by atoms with Gasteiger partial charge in [-0.25, -0.2) is 0 Å². The van der Waals surface area contributed by atoms with Gasteiger partial charge >= 0.3 is 0 Å². The van der Waals surface area contributed by atoms with Crippen LogP contribution in [0.25, 0.3) is 0 Å². The number of para-hydroxylation sites is 1. The molecule has 0 radical (unpaired) electrons. The normalized spacial score (nSPS) is 24.4. The molecule has 1 aromatic carbocycles. The monoisotopic (exact) mass is 382 g/mol. The SMILES string of the molecule is Cc1cccc(C)c1OCc1c(C(=O)NC(C)C2CC3CCC2C3)noc1C. The molecule has 1 amide bonds. The Hall–Kier alpha value is -2.30. The van der Waals surface area contributed by atoms with Crippen molar-refractivity contribution in [2.75, 3.05) is 0 Å². The van der Waals surface area contributed by atoms with Gasteiger partial charge in [-0.2, -0.15) is 0 Å². The largest absolute Gasteiger partial charge is 0.488 e. The molecule has 5 heteroatoms. The van der Waals surface area contributed by atoms with Gasteiger partial charge in [-0.3, -0.25) is 4.79 Å². The molecule has 4 atom stereocenters. The molecular formula is C23H30N2O3. The van der Waals surface area contributed by atoms with E-state index in [-0.39, 0.29) is 18.6 Å². The van der Waals surface area contributed by atoms with E-state index in [9.17, 15) is 4.79 Å². The van der Waals surface area contributed by atoms with Crippen molar-refractivity contribution in [2.24, 2.45) is 17.8 Å². The Bertz CT molecular complexity index is 852. The molecule has 4 rings (SSSR count). The number of fused-ring (bicyclic) bond motifs is 2. The summed E-state index contributed by atoms with van der Waals surface area (Å²) in [5, 5.41) is 7.21. The summed E-state index contributed by atoms with van der Waals surface area (Å²) in [5.74, 6) is 3.54. The van der Waals surface area contributed by atoms with E-state index in [4.69, 9.17) is 9.26 Å². The first-order chi connectivity index (χ1) is 13.4. The molecule has 2 aliphatic rings. The lowest BCUT2D eigenvalue weighted by molar-refractivity contribution is 0.0904. The molecule has 150 valence electrons. The number of hydrogen-bond acceptors (Lipinski definition) is 4. The zero-order valence-electron chi connectivity index (χ0n) is 17.2. The van der Waals surface area contributed by atoms with Crippen molar-refractivity contribution in [3.63, 3.8) is 0 Å². The number of nitrogens with zero attached hydrogens (tertiary/aromatic N) is 1. The van der Waals surface area contributed by atoms with E-state index >= 15 is 0 Å². The number of rotatable bonds is 6. The van der Waals surface area contributed by atoms with E-state index in [2.05, 4.69) is 17.4 Å². The molecule has 1 heterocycles. The Balaban J connectivity index is 1.44. The summed E-state index contributed by atoms with van der Waals surface area (Å²) in [6.45, 7) is 8.27. The topological polar surface area (TPSA) is 64.4 Å². The van der Waals surface area contributed by atoms with E-state index in [0.29, 0.717) is 17.4 Å². The zero-order chi connectivity index (χ0) is 19.8. The summed E-state index contributed by atoms with van der Waals surface area (Å²) in [5.41, 5.74) is 3.22. The summed E-state index contributed by atoms with van der Waals surface area (Å²) in [6, 6.07) is 6.21. The van der Waals surface area contributed by atoms with Crippen molar-refractivity contribution in [3.05, 3.63) is 46.3 Å². The van der Waals surface area contributed by atoms with Crippen molar-refractivity contribution >= 4 is 5.91 Å². The predicted octanol–water partition coefficient (Wildman–Crippen LogP) is 4.73. The highest BCUT2D eigenvalue weighted by Crippen LogP contribution is 2.49. The summed E-state index contributed by atoms with van der Waals surface area (Å²) < 4.78 is 11.4. The fourth-order valence-electron chi connectivity index (χ4n) is 5.20. The standard InChI is InChI=1S/C23H30N2O3/c1-13-6-5-7-14(2)22(13)27-12-20-16(4)28-25-21(20)23(26)24-15(3)19-11-17-8-9-18(19)10-17/h5-7,15,17-19H,8-12H2,1-4H3,(H,24,26). The lowest BCUT2D eigenvalue weighted by atomic mass is 9.84. The van der Waals surface area contributed by atoms with Crippen LogP contribution in [0.1, 0.15) is 65.5 Å². The van der Waals surface area contributed by atoms with Crippen LogP contribution in [0, 0.1) is 38.5 Å². The summed E-state index contributed by atoms with van der Waals surface area (Å²) in [4.78, 5) is 12.9. The molecule has 5 nitrogen and oxygen atoms in total. The maximum Gasteiger partial charge on any atom is 0.274 e. The number of hydrogen-bond donors (Lipinski definition) is 1. The Morgan fingerprint density at radius 3 is 2.64 bits per heavy atom. The van der Waals surface area contributed by atoms with E-state index in [1.165, 1.54) is 25.7 Å². The van der Waals surface area contributed by atoms with Gasteiger partial charge in [0.1, 0.15) is 18.1 Å². The third-order valence-electron chi connectivity index (χ3n) is 6.76. The van der Waals surface area contributed by atoms with Crippen LogP contribution in [-0.2, 0) is 6.61 Å². The third-order valence-corrected chi connectivity index (χ3v) is 6.76. The molecule has 1 N–H and O–H groups in total. The van der Waals surface area contributed by atoms with E-state index < -0.39 is 0 Å². The average molecular weight is 383 g/mol. The predicted molar refractivity (Wildman–Crippen MR) is 107 cm³/mol. The van der Waals surface area contributed by atoms with Gasteiger partial charge in [0.2, 0.25) is 0 Å². The minimum Gasteiger partial charge on any atom is -0.488 e. The van der Waals surface area contributed by atoms with Gasteiger partial charge in [0.05, 0.1) is 5.56 Å². The first-order valence-electron chi connectivity index (χ1n) is 10.4. The summed E-state index contributed by atoms with van der Waals surface area (Å²) in [6.07, 6.45) is 5.26. The van der Waals surface area contributed by atoms with Crippen LogP contribution in [0.15, 0.2) is 22.7 Å². The molecule has 4 unspecified atom stereocenters. The molecule has 0 aliphatic heterocycles. The van der Waals surface area contributed by atoms with Crippen molar-refractivity contribution < 1.29 is 14.1 Å². The van der Waals surface area contributed by atoms with Gasteiger partial charge in [-0.05, 0) is 75.8 Å². The zero-order valence-corrected chi connectivity index (χ0v) is 17.2. The quantitative estimate of drug-likeness (QED) is 0.784. The van der Waals surface area contributed by atoms with E-state index in [1.807, 2.05) is 39.0 Å². The molecule has 0 saturated heterocycles. The lowest BCUT2D eigenvalue weighted by Gasteiger charge is -2.28. The molecule has 2 aromatic rings.